The Labute approximate surface area is 156 Å². The molecule has 0 saturated carbocycles. The highest BCUT2D eigenvalue weighted by molar-refractivity contribution is 5.97. The second kappa shape index (κ2) is 6.23. The fourth-order valence-electron chi connectivity index (χ4n) is 4.16. The van der Waals surface area contributed by atoms with Crippen LogP contribution in [0.5, 0.6) is 0 Å². The molecule has 0 bridgehead atoms. The highest BCUT2D eigenvalue weighted by Crippen LogP contribution is 2.31. The SMILES string of the molecule is O=C(C1CCN(c2cc(=O)n3ccccc3n2)C1)N1CCc2ccccc21. The van der Waals surface area contributed by atoms with Crippen molar-refractivity contribution < 1.29 is 4.79 Å². The molecule has 3 aromatic rings. The Kier molecular flexibility index (Phi) is 3.70. The van der Waals surface area contributed by atoms with E-state index in [0.29, 0.717) is 18.0 Å². The Morgan fingerprint density at radius 1 is 1.07 bits per heavy atom. The summed E-state index contributed by atoms with van der Waals surface area (Å²) in [6, 6.07) is 15.2. The Morgan fingerprint density at radius 2 is 1.93 bits per heavy atom. The topological polar surface area (TPSA) is 57.9 Å². The molecule has 2 aromatic heterocycles. The van der Waals surface area contributed by atoms with Crippen LogP contribution in [0.2, 0.25) is 0 Å². The minimum atomic E-state index is -0.0983. The number of fused-ring (bicyclic) bond motifs is 2. The monoisotopic (exact) mass is 360 g/mol. The summed E-state index contributed by atoms with van der Waals surface area (Å²) in [4.78, 5) is 34.0. The first kappa shape index (κ1) is 16.1. The van der Waals surface area contributed by atoms with Crippen LogP contribution in [0.25, 0.3) is 5.65 Å². The lowest BCUT2D eigenvalue weighted by Crippen LogP contribution is -2.36. The molecule has 6 heteroatoms. The molecular weight excluding hydrogens is 340 g/mol. The van der Waals surface area contributed by atoms with Gasteiger partial charge < -0.3 is 9.80 Å². The minimum Gasteiger partial charge on any atom is -0.356 e. The van der Waals surface area contributed by atoms with Gasteiger partial charge in [0.15, 0.2) is 0 Å². The summed E-state index contributed by atoms with van der Waals surface area (Å²) in [5.41, 5.74) is 2.81. The van der Waals surface area contributed by atoms with Crippen LogP contribution in [-0.2, 0) is 11.2 Å². The van der Waals surface area contributed by atoms with Crippen LogP contribution < -0.4 is 15.4 Å². The summed E-state index contributed by atoms with van der Waals surface area (Å²) in [5, 5.41) is 0. The third kappa shape index (κ3) is 2.68. The predicted octanol–water partition coefficient (Wildman–Crippen LogP) is 2.11. The molecule has 1 aromatic carbocycles. The lowest BCUT2D eigenvalue weighted by Gasteiger charge is -2.22. The van der Waals surface area contributed by atoms with Crippen LogP contribution >= 0.6 is 0 Å². The van der Waals surface area contributed by atoms with Gasteiger partial charge in [0.05, 0.1) is 5.92 Å². The van der Waals surface area contributed by atoms with Gasteiger partial charge in [-0.25, -0.2) is 4.98 Å². The van der Waals surface area contributed by atoms with E-state index in [0.717, 1.165) is 31.6 Å². The average Bonchev–Trinajstić information content (AvgIpc) is 3.35. The molecule has 27 heavy (non-hydrogen) atoms. The van der Waals surface area contributed by atoms with Gasteiger partial charge in [-0.2, -0.15) is 0 Å². The molecule has 0 aliphatic carbocycles. The predicted molar refractivity (Wildman–Crippen MR) is 104 cm³/mol. The smallest absolute Gasteiger partial charge is 0.259 e. The third-order valence-corrected chi connectivity index (χ3v) is 5.57. The van der Waals surface area contributed by atoms with Gasteiger partial charge in [0.2, 0.25) is 5.91 Å². The van der Waals surface area contributed by atoms with E-state index in [-0.39, 0.29) is 17.4 Å². The first-order valence-corrected chi connectivity index (χ1v) is 9.33. The van der Waals surface area contributed by atoms with E-state index in [4.69, 9.17) is 0 Å². The fraction of sp³-hybridized carbons (Fsp3) is 0.286. The number of rotatable bonds is 2. The van der Waals surface area contributed by atoms with E-state index in [2.05, 4.69) is 16.0 Å². The minimum absolute atomic E-state index is 0.0628. The number of amides is 1. The van der Waals surface area contributed by atoms with Crippen LogP contribution in [0.3, 0.4) is 0 Å². The van der Waals surface area contributed by atoms with Crippen molar-refractivity contribution in [3.05, 3.63) is 70.6 Å². The zero-order chi connectivity index (χ0) is 18.4. The number of hydrogen-bond donors (Lipinski definition) is 0. The van der Waals surface area contributed by atoms with Crippen molar-refractivity contribution in [2.45, 2.75) is 12.8 Å². The first-order chi connectivity index (χ1) is 13.2. The van der Waals surface area contributed by atoms with Crippen molar-refractivity contribution in [1.29, 1.82) is 0 Å². The van der Waals surface area contributed by atoms with Gasteiger partial charge in [0.25, 0.3) is 5.56 Å². The molecule has 0 spiro atoms. The van der Waals surface area contributed by atoms with Crippen molar-refractivity contribution in [3.8, 4) is 0 Å². The second-order valence-corrected chi connectivity index (χ2v) is 7.18. The van der Waals surface area contributed by atoms with E-state index in [1.54, 1.807) is 12.3 Å². The van der Waals surface area contributed by atoms with E-state index >= 15 is 0 Å². The maximum atomic E-state index is 13.1. The largest absolute Gasteiger partial charge is 0.356 e. The maximum Gasteiger partial charge on any atom is 0.259 e. The second-order valence-electron chi connectivity index (χ2n) is 7.18. The van der Waals surface area contributed by atoms with Gasteiger partial charge in [-0.05, 0) is 36.6 Å². The quantitative estimate of drug-likeness (QED) is 0.702. The highest BCUT2D eigenvalue weighted by Gasteiger charge is 2.35. The summed E-state index contributed by atoms with van der Waals surface area (Å²) >= 11 is 0. The van der Waals surface area contributed by atoms with Crippen molar-refractivity contribution in [2.75, 3.05) is 29.4 Å². The molecule has 0 radical (unpaired) electrons. The Hall–Kier alpha value is -3.15. The standard InChI is InChI=1S/C21H20N4O2/c26-20-13-19(22-18-7-3-4-10-25(18)20)23-11-8-16(14-23)21(27)24-12-9-15-5-1-2-6-17(15)24/h1-7,10,13,16H,8-9,11-12,14H2. The van der Waals surface area contributed by atoms with Gasteiger partial charge in [-0.1, -0.05) is 24.3 Å². The molecule has 1 unspecified atom stereocenters. The average molecular weight is 360 g/mol. The van der Waals surface area contributed by atoms with Crippen LogP contribution in [0, 0.1) is 5.92 Å². The summed E-state index contributed by atoms with van der Waals surface area (Å²) in [5.74, 6) is 0.774. The van der Waals surface area contributed by atoms with E-state index < -0.39 is 0 Å². The van der Waals surface area contributed by atoms with Gasteiger partial charge >= 0.3 is 0 Å². The molecule has 1 atom stereocenters. The molecule has 6 nitrogen and oxygen atoms in total. The van der Waals surface area contributed by atoms with Gasteiger partial charge in [0.1, 0.15) is 11.5 Å². The van der Waals surface area contributed by atoms with Crippen molar-refractivity contribution in [1.82, 2.24) is 9.38 Å². The molecule has 136 valence electrons. The molecule has 1 fully saturated rings. The number of anilines is 2. The normalized spacial score (nSPS) is 18.9. The molecule has 2 aliphatic heterocycles. The van der Waals surface area contributed by atoms with Gasteiger partial charge in [-0.3, -0.25) is 14.0 Å². The zero-order valence-electron chi connectivity index (χ0n) is 14.9. The molecule has 1 amide bonds. The number of carbonyl (C=O) groups is 1. The first-order valence-electron chi connectivity index (χ1n) is 9.33. The van der Waals surface area contributed by atoms with Crippen LogP contribution in [0.15, 0.2) is 59.5 Å². The maximum absolute atomic E-state index is 13.1. The summed E-state index contributed by atoms with van der Waals surface area (Å²) < 4.78 is 1.53. The number of pyridine rings is 1. The number of nitrogens with zero attached hydrogens (tertiary/aromatic N) is 4. The number of benzene rings is 1. The van der Waals surface area contributed by atoms with Gasteiger partial charge in [0, 0.05) is 37.6 Å². The molecule has 1 saturated heterocycles. The number of para-hydroxylation sites is 1. The van der Waals surface area contributed by atoms with E-state index in [1.165, 1.54) is 9.96 Å². The zero-order valence-corrected chi connectivity index (χ0v) is 14.9. The lowest BCUT2D eigenvalue weighted by molar-refractivity contribution is -0.121. The van der Waals surface area contributed by atoms with Crippen molar-refractivity contribution >= 4 is 23.1 Å². The fourth-order valence-corrected chi connectivity index (χ4v) is 4.16. The summed E-state index contributed by atoms with van der Waals surface area (Å²) in [6.07, 6.45) is 3.42. The molecule has 0 N–H and O–H groups in total. The van der Waals surface area contributed by atoms with Gasteiger partial charge in [-0.15, -0.1) is 0 Å². The lowest BCUT2D eigenvalue weighted by atomic mass is 10.1. The molecule has 2 aliphatic rings. The Morgan fingerprint density at radius 3 is 2.85 bits per heavy atom. The number of carbonyl (C=O) groups excluding carboxylic acids is 1. The molecular formula is C21H20N4O2. The number of aromatic nitrogens is 2. The Bertz CT molecular complexity index is 1090. The highest BCUT2D eigenvalue weighted by atomic mass is 16.2. The molecule has 4 heterocycles. The number of hydrogen-bond acceptors (Lipinski definition) is 4. The van der Waals surface area contributed by atoms with Crippen LogP contribution in [-0.4, -0.2) is 34.9 Å². The van der Waals surface area contributed by atoms with Crippen LogP contribution in [0.1, 0.15) is 12.0 Å². The van der Waals surface area contributed by atoms with Crippen molar-refractivity contribution in [2.24, 2.45) is 5.92 Å². The van der Waals surface area contributed by atoms with E-state index in [1.807, 2.05) is 41.3 Å². The van der Waals surface area contributed by atoms with Crippen LogP contribution in [0.4, 0.5) is 11.5 Å². The van der Waals surface area contributed by atoms with Crippen molar-refractivity contribution in [3.63, 3.8) is 0 Å². The summed E-state index contributed by atoms with van der Waals surface area (Å²) in [7, 11) is 0. The summed E-state index contributed by atoms with van der Waals surface area (Å²) in [6.45, 7) is 2.10. The molecule has 5 rings (SSSR count). The van der Waals surface area contributed by atoms with E-state index in [9.17, 15) is 9.59 Å². The third-order valence-electron chi connectivity index (χ3n) is 5.57. The Balaban J connectivity index is 1.38.